The smallest absolute Gasteiger partial charge is 0.126 e. The Morgan fingerprint density at radius 1 is 0.769 bits per heavy atom. The molecule has 5 rings (SSSR count). The van der Waals surface area contributed by atoms with E-state index >= 15 is 0 Å². The second-order valence-corrected chi connectivity index (χ2v) is 6.40. The first kappa shape index (κ1) is 14.6. The van der Waals surface area contributed by atoms with Crippen molar-refractivity contribution in [3.05, 3.63) is 87.7 Å². The van der Waals surface area contributed by atoms with Gasteiger partial charge in [-0.2, -0.15) is 5.26 Å². The van der Waals surface area contributed by atoms with Gasteiger partial charge in [0.25, 0.3) is 0 Å². The minimum Gasteiger partial charge on any atom is -0.357 e. The zero-order valence-corrected chi connectivity index (χ0v) is 13.8. The molecule has 2 aliphatic heterocycles. The SMILES string of the molecule is N#CC1c2ccc([nH]2)/C=C2/C=CC(=N2)/C=c2/cc/c([nH]2)=C/c2ccc1[nH]2. The Kier molecular flexibility index (Phi) is 3.16. The predicted octanol–water partition coefficient (Wildman–Crippen LogP) is 2.30. The lowest BCUT2D eigenvalue weighted by Gasteiger charge is -2.04. The third kappa shape index (κ3) is 2.54. The molecule has 0 aromatic carbocycles. The predicted molar refractivity (Wildman–Crippen MR) is 102 cm³/mol. The highest BCUT2D eigenvalue weighted by molar-refractivity contribution is 6.19. The Labute approximate surface area is 149 Å². The second kappa shape index (κ2) is 5.64. The molecular weight excluding hydrogens is 322 g/mol. The number of hydrogen-bond acceptors (Lipinski definition) is 2. The van der Waals surface area contributed by atoms with Crippen molar-refractivity contribution in [1.82, 2.24) is 15.0 Å². The van der Waals surface area contributed by atoms with Crippen molar-refractivity contribution in [2.24, 2.45) is 4.99 Å². The number of hydrogen-bond donors (Lipinski definition) is 3. The molecule has 26 heavy (non-hydrogen) atoms. The third-order valence-electron chi connectivity index (χ3n) is 4.55. The minimum atomic E-state index is -0.372. The van der Waals surface area contributed by atoms with Crippen molar-refractivity contribution in [3.63, 3.8) is 0 Å². The van der Waals surface area contributed by atoms with Gasteiger partial charge < -0.3 is 15.0 Å². The highest BCUT2D eigenvalue weighted by Gasteiger charge is 2.17. The minimum absolute atomic E-state index is 0.372. The van der Waals surface area contributed by atoms with E-state index in [0.717, 1.165) is 44.9 Å². The van der Waals surface area contributed by atoms with E-state index < -0.39 is 0 Å². The van der Waals surface area contributed by atoms with Crippen molar-refractivity contribution >= 4 is 23.9 Å². The number of aliphatic imine (C=N–C) groups is 1. The summed E-state index contributed by atoms with van der Waals surface area (Å²) in [7, 11) is 0. The number of nitrogens with one attached hydrogen (secondary N) is 3. The summed E-state index contributed by atoms with van der Waals surface area (Å²) in [5, 5.41) is 11.7. The molecule has 0 spiro atoms. The molecule has 0 saturated heterocycles. The van der Waals surface area contributed by atoms with Crippen LogP contribution in [-0.4, -0.2) is 20.7 Å². The van der Waals surface area contributed by atoms with Gasteiger partial charge in [-0.1, -0.05) is 0 Å². The molecule has 5 heteroatoms. The number of nitrogens with zero attached hydrogens (tertiary/aromatic N) is 2. The van der Waals surface area contributed by atoms with Crippen LogP contribution in [0.25, 0.3) is 18.2 Å². The second-order valence-electron chi connectivity index (χ2n) is 6.40. The topological polar surface area (TPSA) is 83.5 Å². The summed E-state index contributed by atoms with van der Waals surface area (Å²) in [6.07, 6.45) is 10.0. The van der Waals surface area contributed by atoms with E-state index in [9.17, 15) is 5.26 Å². The first-order chi connectivity index (χ1) is 12.8. The van der Waals surface area contributed by atoms with E-state index in [4.69, 9.17) is 0 Å². The lowest BCUT2D eigenvalue weighted by atomic mass is 10.0. The van der Waals surface area contributed by atoms with E-state index in [1.807, 2.05) is 66.8 Å². The molecule has 5 heterocycles. The van der Waals surface area contributed by atoms with Gasteiger partial charge >= 0.3 is 0 Å². The van der Waals surface area contributed by atoms with Gasteiger partial charge in [-0.3, -0.25) is 0 Å². The van der Waals surface area contributed by atoms with Crippen LogP contribution in [0.1, 0.15) is 28.7 Å². The fourth-order valence-electron chi connectivity index (χ4n) is 3.31. The molecular formula is C21H15N5. The number of H-pyrrole nitrogens is 3. The van der Waals surface area contributed by atoms with Crippen molar-refractivity contribution in [2.75, 3.05) is 0 Å². The standard InChI is InChI=1S/C21H15N5/c22-12-19-20-7-5-17(25-20)10-15-3-1-13(23-15)9-14-2-4-16(24-14)11-18-6-8-21(19)26-18/h1-11,19,23,25-26H/b13-9-,15-10-,16-11-. The molecule has 0 saturated carbocycles. The molecule has 2 aliphatic rings. The molecule has 0 radical (unpaired) electrons. The van der Waals surface area contributed by atoms with Gasteiger partial charge in [0.1, 0.15) is 5.92 Å². The maximum atomic E-state index is 9.68. The quantitative estimate of drug-likeness (QED) is 0.578. The fraction of sp³-hybridized carbons (Fsp3) is 0.0476. The molecule has 3 aromatic heterocycles. The first-order valence-corrected chi connectivity index (χ1v) is 8.41. The van der Waals surface area contributed by atoms with Crippen LogP contribution in [0.5, 0.6) is 0 Å². The van der Waals surface area contributed by atoms with Crippen molar-refractivity contribution in [1.29, 1.82) is 5.26 Å². The van der Waals surface area contributed by atoms with Gasteiger partial charge in [-0.05, 0) is 66.8 Å². The third-order valence-corrected chi connectivity index (χ3v) is 4.55. The molecule has 1 unspecified atom stereocenters. The zero-order chi connectivity index (χ0) is 17.5. The summed E-state index contributed by atoms with van der Waals surface area (Å²) < 4.78 is 0. The number of aromatic amines is 3. The molecule has 0 fully saturated rings. The van der Waals surface area contributed by atoms with Gasteiger partial charge in [0.2, 0.25) is 0 Å². The maximum Gasteiger partial charge on any atom is 0.126 e. The van der Waals surface area contributed by atoms with Gasteiger partial charge in [0.05, 0.1) is 17.5 Å². The summed E-state index contributed by atoms with van der Waals surface area (Å²) in [5.41, 5.74) is 5.39. The van der Waals surface area contributed by atoms with Gasteiger partial charge in [-0.25, -0.2) is 4.99 Å². The monoisotopic (exact) mass is 337 g/mol. The van der Waals surface area contributed by atoms with E-state index in [1.165, 1.54) is 0 Å². The number of aromatic nitrogens is 3. The Morgan fingerprint density at radius 2 is 1.46 bits per heavy atom. The van der Waals surface area contributed by atoms with Crippen LogP contribution in [0.4, 0.5) is 0 Å². The van der Waals surface area contributed by atoms with E-state index in [2.05, 4.69) is 26.0 Å². The molecule has 5 nitrogen and oxygen atoms in total. The van der Waals surface area contributed by atoms with Gasteiger partial charge in [0.15, 0.2) is 0 Å². The van der Waals surface area contributed by atoms with Crippen LogP contribution in [0, 0.1) is 11.3 Å². The molecule has 3 aromatic rings. The van der Waals surface area contributed by atoms with Crippen molar-refractivity contribution in [3.8, 4) is 6.07 Å². The molecule has 1 atom stereocenters. The summed E-state index contributed by atoms with van der Waals surface area (Å²) in [6, 6.07) is 14.3. The van der Waals surface area contributed by atoms with E-state index in [1.54, 1.807) is 0 Å². The Balaban J connectivity index is 1.73. The Hall–Kier alpha value is -3.78. The van der Waals surface area contributed by atoms with Crippen LogP contribution in [0.15, 0.2) is 59.2 Å². The van der Waals surface area contributed by atoms with Crippen LogP contribution < -0.4 is 10.7 Å². The summed E-state index contributed by atoms with van der Waals surface area (Å²) in [6.45, 7) is 0. The fourth-order valence-corrected chi connectivity index (χ4v) is 3.31. The molecule has 3 N–H and O–H groups in total. The highest BCUT2D eigenvalue weighted by Crippen LogP contribution is 2.24. The van der Waals surface area contributed by atoms with Crippen molar-refractivity contribution < 1.29 is 0 Å². The summed E-state index contributed by atoms with van der Waals surface area (Å²) in [4.78, 5) is 14.7. The lowest BCUT2D eigenvalue weighted by Crippen LogP contribution is -2.11. The Morgan fingerprint density at radius 3 is 2.19 bits per heavy atom. The van der Waals surface area contributed by atoms with E-state index in [-0.39, 0.29) is 5.92 Å². The number of nitriles is 1. The van der Waals surface area contributed by atoms with Gasteiger partial charge in [0, 0.05) is 33.5 Å². The largest absolute Gasteiger partial charge is 0.357 e. The van der Waals surface area contributed by atoms with Crippen molar-refractivity contribution in [2.45, 2.75) is 5.92 Å². The van der Waals surface area contributed by atoms with Crippen LogP contribution >= 0.6 is 0 Å². The molecule has 124 valence electrons. The zero-order valence-electron chi connectivity index (χ0n) is 13.8. The molecule has 8 bridgehead atoms. The summed E-state index contributed by atoms with van der Waals surface area (Å²) in [5.74, 6) is -0.372. The normalized spacial score (nSPS) is 22.3. The number of rotatable bonds is 0. The average Bonchev–Trinajstić information content (AvgIpc) is 3.39. The van der Waals surface area contributed by atoms with Gasteiger partial charge in [-0.15, -0.1) is 0 Å². The molecule has 0 amide bonds. The molecule has 0 aliphatic carbocycles. The average molecular weight is 337 g/mol. The maximum absolute atomic E-state index is 9.68. The first-order valence-electron chi connectivity index (χ1n) is 8.41. The van der Waals surface area contributed by atoms with Crippen LogP contribution in [0.2, 0.25) is 0 Å². The Bertz CT molecular complexity index is 1250. The number of allylic oxidation sites excluding steroid dienone is 2. The number of fused-ring (bicyclic) bond motifs is 7. The lowest BCUT2D eigenvalue weighted by molar-refractivity contribution is 0.940. The van der Waals surface area contributed by atoms with Crippen LogP contribution in [-0.2, 0) is 0 Å². The van der Waals surface area contributed by atoms with Crippen LogP contribution in [0.3, 0.4) is 0 Å². The highest BCUT2D eigenvalue weighted by atomic mass is 14.8. The summed E-state index contributed by atoms with van der Waals surface area (Å²) >= 11 is 0. The van der Waals surface area contributed by atoms with E-state index in [0.29, 0.717) is 0 Å².